The van der Waals surface area contributed by atoms with Crippen molar-refractivity contribution in [1.82, 2.24) is 10.2 Å². The predicted molar refractivity (Wildman–Crippen MR) is 174 cm³/mol. The fraction of sp³-hybridized carbons (Fsp3) is 0.400. The smallest absolute Gasteiger partial charge is 0.475 e. The molecule has 0 saturated carbocycles. The standard InChI is InChI=1S/C24H29ClFN7O2.3C2HF3O2/c25-19-4-2-17(9-20(19)26)31-22(34)23(35)32-21-15(10-30-24(28)29)8-14-7-13(1-3-18(14)21)11-33-6-5-16(27)12-33;3*3-2(4,5)1(6)7/h1-4,7,9,15-16,21H,5-6,8,10-12,27H2,(H,31,34)(H,32,35)(H4,28,29,30);3*(H,6,7)/t15-,16+,21-;;;/m1.../s1. The highest BCUT2D eigenvalue weighted by atomic mass is 35.5. The topological polar surface area (TPSA) is 264 Å². The molecule has 1 fully saturated rings. The molecule has 2 amide bonds. The minimum Gasteiger partial charge on any atom is -0.475 e. The number of hydrogen-bond donors (Lipinski definition) is 8. The third-order valence-electron chi connectivity index (χ3n) is 7.12. The van der Waals surface area contributed by atoms with E-state index in [0.717, 1.165) is 48.8 Å². The highest BCUT2D eigenvalue weighted by Gasteiger charge is 2.40. The summed E-state index contributed by atoms with van der Waals surface area (Å²) in [4.78, 5) is 58.4. The van der Waals surface area contributed by atoms with E-state index in [0.29, 0.717) is 13.0 Å². The zero-order chi connectivity index (χ0) is 43.3. The number of aliphatic imine (C=N–C) groups is 1. The number of carbonyl (C=O) groups is 5. The van der Waals surface area contributed by atoms with Crippen LogP contribution < -0.4 is 27.8 Å². The molecule has 0 radical (unpaired) electrons. The Labute approximate surface area is 313 Å². The largest absolute Gasteiger partial charge is 0.490 e. The van der Waals surface area contributed by atoms with Crippen molar-refractivity contribution in [3.63, 3.8) is 0 Å². The molecule has 11 N–H and O–H groups in total. The van der Waals surface area contributed by atoms with Gasteiger partial charge in [-0.1, -0.05) is 29.8 Å². The minimum atomic E-state index is -5.08. The van der Waals surface area contributed by atoms with Crippen molar-refractivity contribution in [3.05, 3.63) is 63.9 Å². The van der Waals surface area contributed by atoms with Gasteiger partial charge in [-0.2, -0.15) is 39.5 Å². The van der Waals surface area contributed by atoms with E-state index in [4.69, 9.17) is 58.5 Å². The van der Waals surface area contributed by atoms with Gasteiger partial charge in [-0.3, -0.25) is 19.5 Å². The van der Waals surface area contributed by atoms with E-state index in [-0.39, 0.29) is 28.6 Å². The Morgan fingerprint density at radius 1 is 0.839 bits per heavy atom. The number of hydrogen-bond acceptors (Lipinski definition) is 8. The molecule has 2 aliphatic rings. The van der Waals surface area contributed by atoms with E-state index in [1.807, 2.05) is 12.1 Å². The van der Waals surface area contributed by atoms with Crippen LogP contribution in [-0.2, 0) is 36.9 Å². The number of nitrogens with two attached hydrogens (primary N) is 3. The maximum atomic E-state index is 13.7. The van der Waals surface area contributed by atoms with Crippen molar-refractivity contribution in [2.24, 2.45) is 28.1 Å². The normalized spacial score (nSPS) is 17.6. The first-order valence-electron chi connectivity index (χ1n) is 15.1. The third-order valence-corrected chi connectivity index (χ3v) is 7.42. The molecular weight excluding hydrogens is 812 g/mol. The number of nitrogens with zero attached hydrogens (tertiary/aromatic N) is 2. The van der Waals surface area contributed by atoms with Crippen molar-refractivity contribution < 1.29 is 83.2 Å². The molecular formula is C30H32ClF10N7O8. The summed E-state index contributed by atoms with van der Waals surface area (Å²) >= 11 is 5.67. The van der Waals surface area contributed by atoms with Gasteiger partial charge in [-0.15, -0.1) is 0 Å². The van der Waals surface area contributed by atoms with Gasteiger partial charge in [0.05, 0.1) is 11.1 Å². The molecule has 0 aromatic heterocycles. The quantitative estimate of drug-likeness (QED) is 0.0903. The van der Waals surface area contributed by atoms with Crippen LogP contribution in [0.2, 0.25) is 5.02 Å². The number of amides is 2. The van der Waals surface area contributed by atoms with Gasteiger partial charge in [-0.05, 0) is 47.7 Å². The molecule has 2 aromatic rings. The molecule has 3 atom stereocenters. The lowest BCUT2D eigenvalue weighted by Gasteiger charge is -2.21. The van der Waals surface area contributed by atoms with Crippen LogP contribution >= 0.6 is 11.6 Å². The lowest BCUT2D eigenvalue weighted by Crippen LogP contribution is -2.40. The highest BCUT2D eigenvalue weighted by Crippen LogP contribution is 2.37. The number of rotatable bonds is 6. The van der Waals surface area contributed by atoms with Crippen molar-refractivity contribution in [2.75, 3.05) is 25.0 Å². The second-order valence-corrected chi connectivity index (χ2v) is 11.9. The van der Waals surface area contributed by atoms with Crippen LogP contribution in [0.25, 0.3) is 0 Å². The first-order chi connectivity index (χ1) is 25.5. The van der Waals surface area contributed by atoms with Crippen molar-refractivity contribution >= 4 is 53.0 Å². The summed E-state index contributed by atoms with van der Waals surface area (Å²) in [7, 11) is 0. The van der Waals surface area contributed by atoms with Gasteiger partial charge < -0.3 is 43.2 Å². The van der Waals surface area contributed by atoms with Gasteiger partial charge in [0.25, 0.3) is 0 Å². The Balaban J connectivity index is 0.000000610. The average molecular weight is 844 g/mol. The molecule has 0 spiro atoms. The maximum Gasteiger partial charge on any atom is 0.490 e. The van der Waals surface area contributed by atoms with Gasteiger partial charge >= 0.3 is 48.3 Å². The van der Waals surface area contributed by atoms with Gasteiger partial charge in [-0.25, -0.2) is 18.8 Å². The van der Waals surface area contributed by atoms with Crippen LogP contribution in [0.3, 0.4) is 0 Å². The third kappa shape index (κ3) is 16.9. The second-order valence-electron chi connectivity index (χ2n) is 11.5. The molecule has 1 aliphatic heterocycles. The number of alkyl halides is 9. The Morgan fingerprint density at radius 3 is 1.79 bits per heavy atom. The molecule has 56 heavy (non-hydrogen) atoms. The SMILES string of the molecule is NC(N)=NC[C@H]1Cc2cc(CN3CC[C@H](N)C3)ccc2[C@@H]1NC(=O)C(=O)Nc1ccc(Cl)c(F)c1.O=C(O)C(F)(F)F.O=C(O)C(F)(F)F.O=C(O)C(F)(F)F. The number of guanidine groups is 1. The van der Waals surface area contributed by atoms with Crippen LogP contribution in [0.15, 0.2) is 41.4 Å². The first kappa shape index (κ1) is 48.6. The first-order valence-corrected chi connectivity index (χ1v) is 15.5. The predicted octanol–water partition coefficient (Wildman–Crippen LogP) is 3.15. The Hall–Kier alpha value is -5.43. The number of benzene rings is 2. The maximum absolute atomic E-state index is 13.7. The molecule has 1 heterocycles. The Bertz CT molecular complexity index is 1700. The molecule has 0 bridgehead atoms. The summed E-state index contributed by atoms with van der Waals surface area (Å²) in [6.45, 7) is 2.94. The van der Waals surface area contributed by atoms with Gasteiger partial charge in [0, 0.05) is 43.8 Å². The number of carboxylic acids is 3. The molecule has 0 unspecified atom stereocenters. The number of aliphatic carboxylic acids is 3. The zero-order valence-corrected chi connectivity index (χ0v) is 28.9. The van der Waals surface area contributed by atoms with Crippen LogP contribution in [0.5, 0.6) is 0 Å². The van der Waals surface area contributed by atoms with E-state index >= 15 is 0 Å². The Morgan fingerprint density at radius 2 is 1.36 bits per heavy atom. The van der Waals surface area contributed by atoms with E-state index in [1.54, 1.807) is 0 Å². The molecule has 15 nitrogen and oxygen atoms in total. The molecule has 312 valence electrons. The summed E-state index contributed by atoms with van der Waals surface area (Å²) in [5.41, 5.74) is 20.4. The van der Waals surface area contributed by atoms with E-state index in [9.17, 15) is 53.5 Å². The monoisotopic (exact) mass is 843 g/mol. The fourth-order valence-corrected chi connectivity index (χ4v) is 4.83. The molecule has 2 aromatic carbocycles. The van der Waals surface area contributed by atoms with Gasteiger partial charge in [0.15, 0.2) is 5.96 Å². The molecule has 1 aliphatic carbocycles. The van der Waals surface area contributed by atoms with Crippen LogP contribution in [0, 0.1) is 11.7 Å². The van der Waals surface area contributed by atoms with Gasteiger partial charge in [0.2, 0.25) is 0 Å². The van der Waals surface area contributed by atoms with E-state index in [2.05, 4.69) is 26.6 Å². The van der Waals surface area contributed by atoms with Crippen LogP contribution in [-0.4, -0.2) is 100 Å². The number of carbonyl (C=O) groups excluding carboxylic acids is 2. The minimum absolute atomic E-state index is 0.0420. The van der Waals surface area contributed by atoms with Gasteiger partial charge in [0.1, 0.15) is 5.82 Å². The summed E-state index contributed by atoms with van der Waals surface area (Å²) in [6, 6.07) is 9.66. The second kappa shape index (κ2) is 20.5. The van der Waals surface area contributed by atoms with E-state index in [1.165, 1.54) is 12.1 Å². The lowest BCUT2D eigenvalue weighted by molar-refractivity contribution is -0.193. The molecule has 1 saturated heterocycles. The summed E-state index contributed by atoms with van der Waals surface area (Å²) in [5.74, 6) is -10.9. The average Bonchev–Trinajstić information content (AvgIpc) is 3.62. The summed E-state index contributed by atoms with van der Waals surface area (Å²) in [5, 5.41) is 26.5. The fourth-order valence-electron chi connectivity index (χ4n) is 4.71. The number of likely N-dealkylation sites (tertiary alicyclic amines) is 1. The number of halogens is 11. The number of anilines is 1. The van der Waals surface area contributed by atoms with E-state index < -0.39 is 60.1 Å². The van der Waals surface area contributed by atoms with Crippen LogP contribution in [0.1, 0.15) is 29.2 Å². The number of fused-ring (bicyclic) bond motifs is 1. The highest BCUT2D eigenvalue weighted by molar-refractivity contribution is 6.39. The van der Waals surface area contributed by atoms with Crippen molar-refractivity contribution in [2.45, 2.75) is 50.0 Å². The molecule has 4 rings (SSSR count). The number of nitrogens with one attached hydrogen (secondary N) is 2. The Kier molecular flexibility index (Phi) is 17.8. The van der Waals surface area contributed by atoms with Crippen molar-refractivity contribution in [3.8, 4) is 0 Å². The molecule has 26 heteroatoms. The zero-order valence-electron chi connectivity index (χ0n) is 28.1. The number of carboxylic acid groups (broad SMARTS) is 3. The summed E-state index contributed by atoms with van der Waals surface area (Å²) < 4.78 is 109. The van der Waals surface area contributed by atoms with Crippen LogP contribution in [0.4, 0.5) is 49.6 Å². The lowest BCUT2D eigenvalue weighted by atomic mass is 10.0. The summed E-state index contributed by atoms with van der Waals surface area (Å²) in [6.07, 6.45) is -13.6. The van der Waals surface area contributed by atoms with Crippen molar-refractivity contribution in [1.29, 1.82) is 0 Å².